The predicted molar refractivity (Wildman–Crippen MR) is 77.2 cm³/mol. The van der Waals surface area contributed by atoms with Crippen molar-refractivity contribution in [1.82, 2.24) is 9.88 Å². The molecule has 0 bridgehead atoms. The van der Waals surface area contributed by atoms with Gasteiger partial charge in [-0.15, -0.1) is 0 Å². The standard InChI is InChI=1S/C16H22N2/c1-12(2)18-10-7-15-11-14(3-4-16(15)18)13-5-8-17-9-6-13/h3-4,7,10-13,17H,5-6,8-9H2,1-2H3. The van der Waals surface area contributed by atoms with Gasteiger partial charge in [0.25, 0.3) is 0 Å². The highest BCUT2D eigenvalue weighted by molar-refractivity contribution is 5.81. The molecule has 3 rings (SSSR count). The summed E-state index contributed by atoms with van der Waals surface area (Å²) in [6.45, 7) is 6.80. The lowest BCUT2D eigenvalue weighted by Gasteiger charge is -2.23. The lowest BCUT2D eigenvalue weighted by Crippen LogP contribution is -2.26. The lowest BCUT2D eigenvalue weighted by molar-refractivity contribution is 0.460. The zero-order chi connectivity index (χ0) is 12.5. The van der Waals surface area contributed by atoms with Gasteiger partial charge in [-0.25, -0.2) is 0 Å². The Kier molecular flexibility index (Phi) is 3.13. The van der Waals surface area contributed by atoms with E-state index in [0.29, 0.717) is 6.04 Å². The zero-order valence-electron chi connectivity index (χ0n) is 11.3. The summed E-state index contributed by atoms with van der Waals surface area (Å²) in [7, 11) is 0. The largest absolute Gasteiger partial charge is 0.345 e. The molecule has 1 aliphatic rings. The van der Waals surface area contributed by atoms with Crippen molar-refractivity contribution in [2.45, 2.75) is 38.6 Å². The molecule has 0 saturated carbocycles. The Morgan fingerprint density at radius 1 is 1.17 bits per heavy atom. The lowest BCUT2D eigenvalue weighted by atomic mass is 9.90. The van der Waals surface area contributed by atoms with E-state index >= 15 is 0 Å². The molecular weight excluding hydrogens is 220 g/mol. The SMILES string of the molecule is CC(C)n1ccc2cc(C3CCNCC3)ccc21. The number of rotatable bonds is 2. The topological polar surface area (TPSA) is 17.0 Å². The van der Waals surface area contributed by atoms with E-state index in [2.05, 4.69) is 54.2 Å². The van der Waals surface area contributed by atoms with Crippen LogP contribution in [0.4, 0.5) is 0 Å². The van der Waals surface area contributed by atoms with Crippen molar-refractivity contribution in [2.75, 3.05) is 13.1 Å². The molecule has 1 aromatic heterocycles. The number of hydrogen-bond acceptors (Lipinski definition) is 1. The highest BCUT2D eigenvalue weighted by Gasteiger charge is 2.15. The molecule has 1 fully saturated rings. The summed E-state index contributed by atoms with van der Waals surface area (Å²) in [5.41, 5.74) is 2.88. The van der Waals surface area contributed by atoms with Crippen molar-refractivity contribution >= 4 is 10.9 Å². The van der Waals surface area contributed by atoms with Crippen LogP contribution in [0.3, 0.4) is 0 Å². The van der Waals surface area contributed by atoms with Crippen LogP contribution in [-0.4, -0.2) is 17.7 Å². The van der Waals surface area contributed by atoms with Crippen LogP contribution in [0.5, 0.6) is 0 Å². The Morgan fingerprint density at radius 3 is 2.67 bits per heavy atom. The van der Waals surface area contributed by atoms with Gasteiger partial charge in [0.15, 0.2) is 0 Å². The number of aromatic nitrogens is 1. The smallest absolute Gasteiger partial charge is 0.0482 e. The van der Waals surface area contributed by atoms with Gasteiger partial charge < -0.3 is 9.88 Å². The minimum Gasteiger partial charge on any atom is -0.345 e. The Labute approximate surface area is 109 Å². The fraction of sp³-hybridized carbons (Fsp3) is 0.500. The Balaban J connectivity index is 1.96. The molecular formula is C16H22N2. The molecule has 2 nitrogen and oxygen atoms in total. The second-order valence-corrected chi connectivity index (χ2v) is 5.66. The first-order valence-corrected chi connectivity index (χ1v) is 7.07. The third kappa shape index (κ3) is 2.05. The van der Waals surface area contributed by atoms with Crippen molar-refractivity contribution in [2.24, 2.45) is 0 Å². The average molecular weight is 242 g/mol. The predicted octanol–water partition coefficient (Wildman–Crippen LogP) is 3.69. The van der Waals surface area contributed by atoms with Crippen molar-refractivity contribution in [3.8, 4) is 0 Å². The van der Waals surface area contributed by atoms with E-state index < -0.39 is 0 Å². The number of hydrogen-bond donors (Lipinski definition) is 1. The van der Waals surface area contributed by atoms with Gasteiger partial charge in [-0.2, -0.15) is 0 Å². The van der Waals surface area contributed by atoms with Crippen LogP contribution >= 0.6 is 0 Å². The van der Waals surface area contributed by atoms with Gasteiger partial charge in [0, 0.05) is 17.8 Å². The fourth-order valence-electron chi connectivity index (χ4n) is 3.04. The first-order valence-electron chi connectivity index (χ1n) is 7.07. The maximum Gasteiger partial charge on any atom is 0.0482 e. The van der Waals surface area contributed by atoms with Gasteiger partial charge in [-0.05, 0) is 74.8 Å². The van der Waals surface area contributed by atoms with Crippen LogP contribution < -0.4 is 5.32 Å². The minimum atomic E-state index is 0.534. The van der Waals surface area contributed by atoms with E-state index in [1.807, 2.05) is 0 Å². The van der Waals surface area contributed by atoms with Crippen molar-refractivity contribution in [1.29, 1.82) is 0 Å². The second kappa shape index (κ2) is 4.77. The maximum atomic E-state index is 3.44. The highest BCUT2D eigenvalue weighted by Crippen LogP contribution is 2.29. The van der Waals surface area contributed by atoms with Crippen LogP contribution in [0.1, 0.15) is 44.2 Å². The van der Waals surface area contributed by atoms with Gasteiger partial charge in [-0.3, -0.25) is 0 Å². The van der Waals surface area contributed by atoms with E-state index in [-0.39, 0.29) is 0 Å². The van der Waals surface area contributed by atoms with E-state index in [1.54, 1.807) is 0 Å². The molecule has 2 heteroatoms. The van der Waals surface area contributed by atoms with E-state index in [0.717, 1.165) is 19.0 Å². The Bertz CT molecular complexity index is 533. The third-order valence-corrected chi connectivity index (χ3v) is 4.11. The van der Waals surface area contributed by atoms with Crippen LogP contribution in [0, 0.1) is 0 Å². The summed E-state index contributed by atoms with van der Waals surface area (Å²) < 4.78 is 2.35. The molecule has 0 amide bonds. The number of benzene rings is 1. The first-order chi connectivity index (χ1) is 8.75. The molecule has 1 N–H and O–H groups in total. The van der Waals surface area contributed by atoms with Gasteiger partial charge in [0.1, 0.15) is 0 Å². The molecule has 2 aromatic rings. The summed E-state index contributed by atoms with van der Waals surface area (Å²) >= 11 is 0. The zero-order valence-corrected chi connectivity index (χ0v) is 11.3. The summed E-state index contributed by atoms with van der Waals surface area (Å²) in [6, 6.07) is 9.81. The molecule has 0 unspecified atom stereocenters. The van der Waals surface area contributed by atoms with Crippen molar-refractivity contribution < 1.29 is 0 Å². The minimum absolute atomic E-state index is 0.534. The fourth-order valence-corrected chi connectivity index (χ4v) is 3.04. The number of nitrogens with zero attached hydrogens (tertiary/aromatic N) is 1. The van der Waals surface area contributed by atoms with Crippen molar-refractivity contribution in [3.05, 3.63) is 36.0 Å². The third-order valence-electron chi connectivity index (χ3n) is 4.11. The molecule has 2 heterocycles. The molecule has 0 atom stereocenters. The summed E-state index contributed by atoms with van der Waals surface area (Å²) in [4.78, 5) is 0. The quantitative estimate of drug-likeness (QED) is 0.850. The Hall–Kier alpha value is -1.28. The molecule has 1 aromatic carbocycles. The second-order valence-electron chi connectivity index (χ2n) is 5.66. The van der Waals surface area contributed by atoms with Gasteiger partial charge in [0.05, 0.1) is 0 Å². The average Bonchev–Trinajstić information content (AvgIpc) is 2.82. The molecule has 1 saturated heterocycles. The molecule has 0 aliphatic carbocycles. The molecule has 96 valence electrons. The number of piperidine rings is 1. The molecule has 0 radical (unpaired) electrons. The summed E-state index contributed by atoms with van der Waals surface area (Å²) in [5, 5.41) is 4.83. The summed E-state index contributed by atoms with van der Waals surface area (Å²) in [6.07, 6.45) is 4.76. The first kappa shape index (κ1) is 11.8. The molecule has 0 spiro atoms. The van der Waals surface area contributed by atoms with Crippen LogP contribution in [0.25, 0.3) is 10.9 Å². The van der Waals surface area contributed by atoms with Crippen LogP contribution in [-0.2, 0) is 0 Å². The normalized spacial score (nSPS) is 17.7. The van der Waals surface area contributed by atoms with Gasteiger partial charge in [0.2, 0.25) is 0 Å². The van der Waals surface area contributed by atoms with E-state index in [1.165, 1.54) is 29.3 Å². The highest BCUT2D eigenvalue weighted by atomic mass is 15.0. The van der Waals surface area contributed by atoms with Crippen molar-refractivity contribution in [3.63, 3.8) is 0 Å². The monoisotopic (exact) mass is 242 g/mol. The van der Waals surface area contributed by atoms with Gasteiger partial charge in [-0.1, -0.05) is 6.07 Å². The van der Waals surface area contributed by atoms with E-state index in [9.17, 15) is 0 Å². The Morgan fingerprint density at radius 2 is 1.94 bits per heavy atom. The van der Waals surface area contributed by atoms with Crippen LogP contribution in [0.2, 0.25) is 0 Å². The van der Waals surface area contributed by atoms with Crippen LogP contribution in [0.15, 0.2) is 30.5 Å². The van der Waals surface area contributed by atoms with E-state index in [4.69, 9.17) is 0 Å². The maximum absolute atomic E-state index is 3.44. The summed E-state index contributed by atoms with van der Waals surface area (Å²) in [5.74, 6) is 0.748. The number of fused-ring (bicyclic) bond motifs is 1. The molecule has 1 aliphatic heterocycles. The van der Waals surface area contributed by atoms with Gasteiger partial charge >= 0.3 is 0 Å². The molecule has 18 heavy (non-hydrogen) atoms. The number of nitrogens with one attached hydrogen (secondary N) is 1.